The molecule has 5 heteroatoms. The fourth-order valence-corrected chi connectivity index (χ4v) is 3.86. The highest BCUT2D eigenvalue weighted by molar-refractivity contribution is 7.98. The second kappa shape index (κ2) is 7.45. The van der Waals surface area contributed by atoms with Gasteiger partial charge in [-0.2, -0.15) is 5.10 Å². The van der Waals surface area contributed by atoms with Crippen molar-refractivity contribution in [2.75, 3.05) is 7.11 Å². The SMILES string of the molecule is COc1ccc(CSc2nccn3nc(-c4ccc(C)c(C)c4)cc23)cc1. The predicted molar refractivity (Wildman–Crippen MR) is 110 cm³/mol. The standard InChI is InChI=1S/C22H21N3OS/c1-15-4-7-18(12-16(15)2)20-13-21-22(23-10-11-25(21)24-20)27-14-17-5-8-19(26-3)9-6-17/h4-13H,14H2,1-3H3. The Morgan fingerprint density at radius 3 is 2.56 bits per heavy atom. The summed E-state index contributed by atoms with van der Waals surface area (Å²) in [6.45, 7) is 4.26. The van der Waals surface area contributed by atoms with Gasteiger partial charge in [0.2, 0.25) is 0 Å². The van der Waals surface area contributed by atoms with Gasteiger partial charge in [0, 0.05) is 23.7 Å². The van der Waals surface area contributed by atoms with E-state index in [-0.39, 0.29) is 0 Å². The summed E-state index contributed by atoms with van der Waals surface area (Å²) in [6.07, 6.45) is 3.71. The smallest absolute Gasteiger partial charge is 0.122 e. The van der Waals surface area contributed by atoms with Crippen LogP contribution in [0, 0.1) is 13.8 Å². The minimum Gasteiger partial charge on any atom is -0.497 e. The molecule has 0 amide bonds. The summed E-state index contributed by atoms with van der Waals surface area (Å²) in [7, 11) is 1.68. The molecular weight excluding hydrogens is 354 g/mol. The van der Waals surface area contributed by atoms with Crippen molar-refractivity contribution in [3.05, 3.63) is 77.6 Å². The van der Waals surface area contributed by atoms with E-state index in [4.69, 9.17) is 9.84 Å². The fourth-order valence-electron chi connectivity index (χ4n) is 2.92. The second-order valence-corrected chi connectivity index (χ2v) is 7.49. The number of fused-ring (bicyclic) bond motifs is 1. The van der Waals surface area contributed by atoms with Crippen molar-refractivity contribution < 1.29 is 4.74 Å². The zero-order chi connectivity index (χ0) is 18.8. The third-order valence-corrected chi connectivity index (χ3v) is 5.76. The van der Waals surface area contributed by atoms with Crippen LogP contribution in [0.1, 0.15) is 16.7 Å². The average Bonchev–Trinajstić information content (AvgIpc) is 3.14. The molecular formula is C22H21N3OS. The fraction of sp³-hybridized carbons (Fsp3) is 0.182. The number of methoxy groups -OCH3 is 1. The maximum atomic E-state index is 5.22. The van der Waals surface area contributed by atoms with E-state index < -0.39 is 0 Å². The quantitative estimate of drug-likeness (QED) is 0.443. The molecule has 0 unspecified atom stereocenters. The topological polar surface area (TPSA) is 39.4 Å². The molecule has 2 heterocycles. The molecule has 27 heavy (non-hydrogen) atoms. The summed E-state index contributed by atoms with van der Waals surface area (Å²) in [5.41, 5.74) is 6.93. The first kappa shape index (κ1) is 17.6. The normalized spacial score (nSPS) is 11.1. The van der Waals surface area contributed by atoms with Crippen molar-refractivity contribution in [1.29, 1.82) is 0 Å². The number of ether oxygens (including phenoxy) is 1. The molecule has 4 aromatic rings. The van der Waals surface area contributed by atoms with Gasteiger partial charge in [-0.3, -0.25) is 0 Å². The van der Waals surface area contributed by atoms with Crippen LogP contribution in [0.4, 0.5) is 0 Å². The molecule has 2 aromatic heterocycles. The predicted octanol–water partition coefficient (Wildman–Crippen LogP) is 5.31. The lowest BCUT2D eigenvalue weighted by Crippen LogP contribution is -1.91. The lowest BCUT2D eigenvalue weighted by atomic mass is 10.0. The van der Waals surface area contributed by atoms with Crippen LogP contribution in [-0.4, -0.2) is 21.7 Å². The molecule has 0 fully saturated rings. The Balaban J connectivity index is 1.61. The molecule has 0 aliphatic heterocycles. The van der Waals surface area contributed by atoms with Gasteiger partial charge < -0.3 is 4.74 Å². The third-order valence-electron chi connectivity index (χ3n) is 4.69. The maximum absolute atomic E-state index is 5.22. The van der Waals surface area contributed by atoms with Gasteiger partial charge in [-0.1, -0.05) is 36.0 Å². The Kier molecular flexibility index (Phi) is 4.86. The summed E-state index contributed by atoms with van der Waals surface area (Å²) in [5.74, 6) is 1.72. The molecule has 0 atom stereocenters. The average molecular weight is 375 g/mol. The minimum absolute atomic E-state index is 0.848. The first-order valence-electron chi connectivity index (χ1n) is 8.82. The van der Waals surface area contributed by atoms with Crippen molar-refractivity contribution in [1.82, 2.24) is 14.6 Å². The first-order chi connectivity index (χ1) is 13.1. The summed E-state index contributed by atoms with van der Waals surface area (Å²) in [5, 5.41) is 5.72. The highest BCUT2D eigenvalue weighted by Gasteiger charge is 2.10. The Hall–Kier alpha value is -2.79. The Labute approximate surface area is 163 Å². The zero-order valence-corrected chi connectivity index (χ0v) is 16.5. The van der Waals surface area contributed by atoms with Gasteiger partial charge in [0.1, 0.15) is 10.8 Å². The largest absolute Gasteiger partial charge is 0.497 e. The van der Waals surface area contributed by atoms with Gasteiger partial charge >= 0.3 is 0 Å². The second-order valence-electron chi connectivity index (χ2n) is 6.53. The highest BCUT2D eigenvalue weighted by Crippen LogP contribution is 2.29. The number of aromatic nitrogens is 3. The molecule has 0 radical (unpaired) electrons. The van der Waals surface area contributed by atoms with Gasteiger partial charge in [0.15, 0.2) is 0 Å². The van der Waals surface area contributed by atoms with E-state index >= 15 is 0 Å². The van der Waals surface area contributed by atoms with Crippen molar-refractivity contribution in [3.63, 3.8) is 0 Å². The third kappa shape index (κ3) is 3.69. The van der Waals surface area contributed by atoms with Crippen LogP contribution in [0.3, 0.4) is 0 Å². The molecule has 4 rings (SSSR count). The maximum Gasteiger partial charge on any atom is 0.122 e. The number of hydrogen-bond donors (Lipinski definition) is 0. The van der Waals surface area contributed by atoms with Gasteiger partial charge in [-0.05, 0) is 54.8 Å². The Bertz CT molecular complexity index is 1090. The van der Waals surface area contributed by atoms with Crippen molar-refractivity contribution in [2.45, 2.75) is 24.6 Å². The molecule has 0 bridgehead atoms. The van der Waals surface area contributed by atoms with Crippen molar-refractivity contribution in [2.24, 2.45) is 0 Å². The molecule has 0 N–H and O–H groups in total. The van der Waals surface area contributed by atoms with Gasteiger partial charge in [0.05, 0.1) is 18.3 Å². The monoisotopic (exact) mass is 375 g/mol. The number of nitrogens with zero attached hydrogens (tertiary/aromatic N) is 3. The lowest BCUT2D eigenvalue weighted by Gasteiger charge is -2.04. The first-order valence-corrected chi connectivity index (χ1v) is 9.80. The van der Waals surface area contributed by atoms with Crippen LogP contribution >= 0.6 is 11.8 Å². The minimum atomic E-state index is 0.848. The number of thioether (sulfide) groups is 1. The summed E-state index contributed by atoms with van der Waals surface area (Å²) < 4.78 is 7.13. The number of aryl methyl sites for hydroxylation is 2. The van der Waals surface area contributed by atoms with E-state index in [1.165, 1.54) is 16.7 Å². The molecule has 2 aromatic carbocycles. The van der Waals surface area contributed by atoms with Crippen molar-refractivity contribution in [3.8, 4) is 17.0 Å². The molecule has 0 aliphatic rings. The number of hydrogen-bond acceptors (Lipinski definition) is 4. The molecule has 0 spiro atoms. The summed E-state index contributed by atoms with van der Waals surface area (Å²) >= 11 is 1.72. The van der Waals surface area contributed by atoms with E-state index in [0.29, 0.717) is 0 Å². The Morgan fingerprint density at radius 1 is 1.00 bits per heavy atom. The van der Waals surface area contributed by atoms with E-state index in [1.54, 1.807) is 25.1 Å². The van der Waals surface area contributed by atoms with Crippen LogP contribution in [0.2, 0.25) is 0 Å². The molecule has 4 nitrogen and oxygen atoms in total. The van der Waals surface area contributed by atoms with Gasteiger partial charge in [0.25, 0.3) is 0 Å². The Morgan fingerprint density at radius 2 is 1.81 bits per heavy atom. The van der Waals surface area contributed by atoms with E-state index in [1.807, 2.05) is 22.8 Å². The zero-order valence-electron chi connectivity index (χ0n) is 15.6. The molecule has 0 aliphatic carbocycles. The number of benzene rings is 2. The molecule has 136 valence electrons. The summed E-state index contributed by atoms with van der Waals surface area (Å²) in [6, 6.07) is 16.7. The van der Waals surface area contributed by atoms with Crippen LogP contribution in [0.5, 0.6) is 5.75 Å². The van der Waals surface area contributed by atoms with Crippen LogP contribution in [0.15, 0.2) is 66.0 Å². The van der Waals surface area contributed by atoms with Gasteiger partial charge in [-0.25, -0.2) is 9.50 Å². The highest BCUT2D eigenvalue weighted by atomic mass is 32.2. The lowest BCUT2D eigenvalue weighted by molar-refractivity contribution is 0.414. The van der Waals surface area contributed by atoms with Crippen LogP contribution < -0.4 is 4.74 Å². The van der Waals surface area contributed by atoms with E-state index in [2.05, 4.69) is 55.2 Å². The van der Waals surface area contributed by atoms with Crippen LogP contribution in [0.25, 0.3) is 16.8 Å². The number of rotatable bonds is 5. The summed E-state index contributed by atoms with van der Waals surface area (Å²) in [4.78, 5) is 4.57. The molecule has 0 saturated carbocycles. The van der Waals surface area contributed by atoms with E-state index in [0.717, 1.165) is 33.3 Å². The van der Waals surface area contributed by atoms with Crippen molar-refractivity contribution >= 4 is 17.3 Å². The van der Waals surface area contributed by atoms with Gasteiger partial charge in [-0.15, -0.1) is 0 Å². The van der Waals surface area contributed by atoms with E-state index in [9.17, 15) is 0 Å². The van der Waals surface area contributed by atoms with Crippen LogP contribution in [-0.2, 0) is 5.75 Å². The molecule has 0 saturated heterocycles.